The Morgan fingerprint density at radius 1 is 1.29 bits per heavy atom. The summed E-state index contributed by atoms with van der Waals surface area (Å²) in [4.78, 5) is 2.62. The average molecular weight is 353 g/mol. The summed E-state index contributed by atoms with van der Waals surface area (Å²) in [6.45, 7) is 4.34. The number of piperidine rings is 1. The predicted molar refractivity (Wildman–Crippen MR) is 89.7 cm³/mol. The van der Waals surface area contributed by atoms with Gasteiger partial charge in [0.15, 0.2) is 0 Å². The highest BCUT2D eigenvalue weighted by Gasteiger charge is 2.35. The lowest BCUT2D eigenvalue weighted by Crippen LogP contribution is -2.47. The highest BCUT2D eigenvalue weighted by Crippen LogP contribution is 2.32. The van der Waals surface area contributed by atoms with Crippen LogP contribution in [0.2, 0.25) is 0 Å². The molecule has 116 valence electrons. The van der Waals surface area contributed by atoms with Crippen LogP contribution in [0.4, 0.5) is 0 Å². The Bertz CT molecular complexity index is 482. The van der Waals surface area contributed by atoms with Crippen LogP contribution >= 0.6 is 15.9 Å². The van der Waals surface area contributed by atoms with Crippen LogP contribution in [0.25, 0.3) is 0 Å². The van der Waals surface area contributed by atoms with E-state index in [2.05, 4.69) is 45.2 Å². The number of benzene rings is 1. The van der Waals surface area contributed by atoms with Crippen molar-refractivity contribution in [2.24, 2.45) is 0 Å². The first-order valence-corrected chi connectivity index (χ1v) is 8.81. The summed E-state index contributed by atoms with van der Waals surface area (Å²) in [5.74, 6) is 0.994. The van der Waals surface area contributed by atoms with Crippen LogP contribution in [0.3, 0.4) is 0 Å². The summed E-state index contributed by atoms with van der Waals surface area (Å²) in [7, 11) is 1.76. The number of halogens is 1. The molecular weight excluding hydrogens is 328 g/mol. The molecule has 2 heterocycles. The van der Waals surface area contributed by atoms with Crippen molar-refractivity contribution >= 4 is 15.9 Å². The minimum absolute atomic E-state index is 0.706. The van der Waals surface area contributed by atoms with E-state index < -0.39 is 0 Å². The van der Waals surface area contributed by atoms with Crippen LogP contribution in [-0.4, -0.2) is 36.7 Å². The van der Waals surface area contributed by atoms with E-state index in [0.717, 1.165) is 35.4 Å². The molecule has 1 aromatic carbocycles. The third-order valence-electron chi connectivity index (χ3n) is 4.99. The van der Waals surface area contributed by atoms with E-state index >= 15 is 0 Å². The quantitative estimate of drug-likeness (QED) is 0.876. The average Bonchev–Trinajstić information content (AvgIpc) is 2.83. The Balaban J connectivity index is 1.74. The number of hydrogen-bond acceptors (Lipinski definition) is 3. The molecule has 3 rings (SSSR count). The Morgan fingerprint density at radius 2 is 2.00 bits per heavy atom. The molecule has 2 aliphatic heterocycles. The molecule has 2 fully saturated rings. The smallest absolute Gasteiger partial charge is 0.123 e. The lowest BCUT2D eigenvalue weighted by atomic mass is 9.97. The van der Waals surface area contributed by atoms with Crippen LogP contribution in [-0.2, 0) is 6.54 Å². The van der Waals surface area contributed by atoms with Gasteiger partial charge in [-0.05, 0) is 50.4 Å². The molecule has 0 aliphatic carbocycles. The number of ether oxygens (including phenoxy) is 1. The summed E-state index contributed by atoms with van der Waals surface area (Å²) in [6.07, 6.45) is 5.30. The fourth-order valence-corrected chi connectivity index (χ4v) is 4.32. The first kappa shape index (κ1) is 15.3. The standard InChI is InChI=1S/C17H25BrN2O/c1-3-20(16-9-14-5-6-15(10-16)19-14)11-12-8-13(18)4-7-17(12)21-2/h4,7-8,14-16,19H,3,5-6,9-11H2,1-2H3. The van der Waals surface area contributed by atoms with Crippen molar-refractivity contribution < 1.29 is 4.74 Å². The van der Waals surface area contributed by atoms with Gasteiger partial charge >= 0.3 is 0 Å². The molecule has 1 aromatic rings. The normalized spacial score (nSPS) is 28.1. The summed E-state index contributed by atoms with van der Waals surface area (Å²) in [6, 6.07) is 8.48. The third-order valence-corrected chi connectivity index (χ3v) is 5.48. The molecule has 1 N–H and O–H groups in total. The number of rotatable bonds is 5. The van der Waals surface area contributed by atoms with Gasteiger partial charge in [-0.25, -0.2) is 0 Å². The van der Waals surface area contributed by atoms with Gasteiger partial charge in [-0.3, -0.25) is 4.90 Å². The molecule has 21 heavy (non-hydrogen) atoms. The van der Waals surface area contributed by atoms with Crippen molar-refractivity contribution in [1.82, 2.24) is 10.2 Å². The van der Waals surface area contributed by atoms with Gasteiger partial charge in [-0.2, -0.15) is 0 Å². The van der Waals surface area contributed by atoms with Gasteiger partial charge in [0.05, 0.1) is 7.11 Å². The van der Waals surface area contributed by atoms with Gasteiger partial charge in [0.2, 0.25) is 0 Å². The van der Waals surface area contributed by atoms with E-state index in [1.165, 1.54) is 31.2 Å². The Morgan fingerprint density at radius 3 is 2.62 bits per heavy atom. The van der Waals surface area contributed by atoms with Crippen molar-refractivity contribution in [3.05, 3.63) is 28.2 Å². The molecule has 2 bridgehead atoms. The van der Waals surface area contributed by atoms with Gasteiger partial charge in [0.25, 0.3) is 0 Å². The zero-order valence-corrected chi connectivity index (χ0v) is 14.5. The third kappa shape index (κ3) is 3.43. The van der Waals surface area contributed by atoms with E-state index in [4.69, 9.17) is 4.74 Å². The van der Waals surface area contributed by atoms with Crippen LogP contribution in [0, 0.1) is 0 Å². The maximum Gasteiger partial charge on any atom is 0.123 e. The molecule has 2 aliphatic rings. The van der Waals surface area contributed by atoms with Gasteiger partial charge in [0, 0.05) is 34.7 Å². The van der Waals surface area contributed by atoms with Crippen molar-refractivity contribution in [1.29, 1.82) is 0 Å². The topological polar surface area (TPSA) is 24.5 Å². The lowest BCUT2D eigenvalue weighted by molar-refractivity contribution is 0.139. The summed E-state index contributed by atoms with van der Waals surface area (Å²) < 4.78 is 6.65. The molecule has 2 saturated heterocycles. The van der Waals surface area contributed by atoms with Crippen molar-refractivity contribution in [2.75, 3.05) is 13.7 Å². The van der Waals surface area contributed by atoms with E-state index in [1.54, 1.807) is 7.11 Å². The second-order valence-corrected chi connectivity index (χ2v) is 7.20. The molecule has 0 saturated carbocycles. The van der Waals surface area contributed by atoms with E-state index in [1.807, 2.05) is 6.07 Å². The van der Waals surface area contributed by atoms with E-state index in [-0.39, 0.29) is 0 Å². The largest absolute Gasteiger partial charge is 0.496 e. The van der Waals surface area contributed by atoms with Gasteiger partial charge in [0.1, 0.15) is 5.75 Å². The maximum absolute atomic E-state index is 5.53. The SMILES string of the molecule is CCN(Cc1cc(Br)ccc1OC)C1CC2CCC(C1)N2. The highest BCUT2D eigenvalue weighted by atomic mass is 79.9. The van der Waals surface area contributed by atoms with Crippen LogP contribution in [0.5, 0.6) is 5.75 Å². The zero-order valence-electron chi connectivity index (χ0n) is 12.9. The number of fused-ring (bicyclic) bond motifs is 2. The van der Waals surface area contributed by atoms with Gasteiger partial charge < -0.3 is 10.1 Å². The molecule has 0 aromatic heterocycles. The monoisotopic (exact) mass is 352 g/mol. The van der Waals surface area contributed by atoms with Crippen LogP contribution in [0.15, 0.2) is 22.7 Å². The molecule has 0 spiro atoms. The molecule has 0 radical (unpaired) electrons. The Labute approximate surface area is 136 Å². The summed E-state index contributed by atoms with van der Waals surface area (Å²) >= 11 is 3.58. The Kier molecular flexibility index (Phi) is 4.87. The summed E-state index contributed by atoms with van der Waals surface area (Å²) in [5, 5.41) is 3.74. The fraction of sp³-hybridized carbons (Fsp3) is 0.647. The second-order valence-electron chi connectivity index (χ2n) is 6.28. The first-order valence-electron chi connectivity index (χ1n) is 8.02. The molecule has 2 unspecified atom stereocenters. The highest BCUT2D eigenvalue weighted by molar-refractivity contribution is 9.10. The van der Waals surface area contributed by atoms with Crippen molar-refractivity contribution in [3.8, 4) is 5.75 Å². The summed E-state index contributed by atoms with van der Waals surface area (Å²) in [5.41, 5.74) is 1.28. The van der Waals surface area contributed by atoms with E-state index in [0.29, 0.717) is 6.04 Å². The molecule has 0 amide bonds. The number of nitrogens with zero attached hydrogens (tertiary/aromatic N) is 1. The van der Waals surface area contributed by atoms with Gasteiger partial charge in [-0.15, -0.1) is 0 Å². The van der Waals surface area contributed by atoms with Crippen molar-refractivity contribution in [3.63, 3.8) is 0 Å². The Hall–Kier alpha value is -0.580. The molecule has 3 nitrogen and oxygen atoms in total. The van der Waals surface area contributed by atoms with Gasteiger partial charge in [-0.1, -0.05) is 22.9 Å². The number of nitrogens with one attached hydrogen (secondary N) is 1. The minimum Gasteiger partial charge on any atom is -0.496 e. The molecular formula is C17H25BrN2O. The molecule has 4 heteroatoms. The van der Waals surface area contributed by atoms with E-state index in [9.17, 15) is 0 Å². The number of methoxy groups -OCH3 is 1. The predicted octanol–water partition coefficient (Wildman–Crippen LogP) is 3.56. The number of hydrogen-bond donors (Lipinski definition) is 1. The zero-order chi connectivity index (χ0) is 14.8. The maximum atomic E-state index is 5.53. The van der Waals surface area contributed by atoms with Crippen LogP contribution < -0.4 is 10.1 Å². The lowest BCUT2D eigenvalue weighted by Gasteiger charge is -2.37. The van der Waals surface area contributed by atoms with Crippen LogP contribution in [0.1, 0.15) is 38.2 Å². The van der Waals surface area contributed by atoms with Crippen molar-refractivity contribution in [2.45, 2.75) is 57.3 Å². The fourth-order valence-electron chi connectivity index (χ4n) is 3.91. The molecule has 2 atom stereocenters. The first-order chi connectivity index (χ1) is 10.2. The second kappa shape index (κ2) is 6.67. The minimum atomic E-state index is 0.706.